The molecule has 2 aromatic carbocycles. The number of nitrogens with zero attached hydrogens (tertiary/aromatic N) is 2. The van der Waals surface area contributed by atoms with Crippen molar-refractivity contribution >= 4 is 88.4 Å². The van der Waals surface area contributed by atoms with Gasteiger partial charge in [-0.25, -0.2) is 14.4 Å². The highest BCUT2D eigenvalue weighted by Crippen LogP contribution is 2.40. The number of benzene rings is 2. The number of ketones is 3. The maximum atomic E-state index is 12.5. The van der Waals surface area contributed by atoms with Crippen molar-refractivity contribution < 1.29 is 127 Å². The summed E-state index contributed by atoms with van der Waals surface area (Å²) in [5.41, 5.74) is 1.37. The number of aliphatic carboxylic acids is 3. The number of esters is 1. The van der Waals surface area contributed by atoms with Gasteiger partial charge < -0.3 is 89.3 Å². The topological polar surface area (TPSA) is 425 Å². The molecular formula is C92H159Cl2FN4O25. The van der Waals surface area contributed by atoms with Crippen molar-refractivity contribution in [3.63, 3.8) is 0 Å². The molecule has 9 N–H and O–H groups in total. The summed E-state index contributed by atoms with van der Waals surface area (Å²) in [5, 5.41) is 66.3. The number of hydrogen-bond donors (Lipinski definition) is 9. The average molecular weight is 1810 g/mol. The lowest BCUT2D eigenvalue weighted by Gasteiger charge is -2.36. The molecule has 7 atom stereocenters. The van der Waals surface area contributed by atoms with Gasteiger partial charge in [-0.2, -0.15) is 0 Å². The lowest BCUT2D eigenvalue weighted by Crippen LogP contribution is -2.48. The van der Waals surface area contributed by atoms with E-state index >= 15 is 0 Å². The number of carbonyl (C=O) groups excluding carboxylic acids is 8. The van der Waals surface area contributed by atoms with E-state index in [2.05, 4.69) is 10.6 Å². The first-order valence-corrected chi connectivity index (χ1v) is 44.4. The van der Waals surface area contributed by atoms with Crippen LogP contribution in [0.4, 0.5) is 14.0 Å². The van der Waals surface area contributed by atoms with E-state index in [0.29, 0.717) is 65.8 Å². The third-order valence-corrected chi connectivity index (χ3v) is 20.0. The zero-order valence-corrected chi connectivity index (χ0v) is 80.1. The summed E-state index contributed by atoms with van der Waals surface area (Å²) in [6.45, 7) is 46.8. The fourth-order valence-electron chi connectivity index (χ4n) is 12.5. The predicted molar refractivity (Wildman–Crippen MR) is 479 cm³/mol. The Morgan fingerprint density at radius 2 is 0.758 bits per heavy atom. The van der Waals surface area contributed by atoms with Crippen LogP contribution in [0.5, 0.6) is 0 Å². The minimum atomic E-state index is -1.21. The number of rotatable bonds is 34. The Hall–Kier alpha value is -7.00. The number of carboxylic acids is 3. The van der Waals surface area contributed by atoms with Gasteiger partial charge in [0.15, 0.2) is 29.6 Å². The molecule has 2 heterocycles. The zero-order chi connectivity index (χ0) is 96.9. The molecule has 2 aliphatic heterocycles. The molecule has 2 aliphatic carbocycles. The van der Waals surface area contributed by atoms with Crippen molar-refractivity contribution in [3.8, 4) is 0 Å². The summed E-state index contributed by atoms with van der Waals surface area (Å²) in [4.78, 5) is 131. The highest BCUT2D eigenvalue weighted by atomic mass is 35.5. The molecule has 4 fully saturated rings. The predicted octanol–water partition coefficient (Wildman–Crippen LogP) is 15.0. The van der Waals surface area contributed by atoms with Crippen LogP contribution in [0, 0.1) is 75.9 Å². The van der Waals surface area contributed by atoms with Gasteiger partial charge in [-0.3, -0.25) is 42.7 Å². The van der Waals surface area contributed by atoms with Crippen molar-refractivity contribution in [2.45, 2.75) is 285 Å². The third kappa shape index (κ3) is 54.9. The van der Waals surface area contributed by atoms with Gasteiger partial charge in [-0.15, -0.1) is 23.2 Å². The van der Waals surface area contributed by atoms with Crippen molar-refractivity contribution in [2.75, 3.05) is 85.3 Å². The van der Waals surface area contributed by atoms with E-state index in [1.807, 2.05) is 149 Å². The lowest BCUT2D eigenvalue weighted by molar-refractivity contribution is -0.178. The standard InChI is InChI=1S/C18H31NO6.C18H31NO5.C16H23NO3.C15H22O2.C9H17NO3.C8H16O2.C5H10O3.CH2Cl2.CH3F.CH4O/c1-12(2)15(22)24-16(13(3)4)25-17(23)19-11-18(10-14(20)21)8-6-5-7-9-18;1-12(2)15(22)16(13(3)4)24-17(23)19-11-18(10-14(20)21)8-6-5-7-9-18;1-13(2)15(16(18)17-8-10-19-11-9-17)20-12-14-6-4-3-5-7-14;1-11(2)14(16)15(12(3)4)17-10-13-8-6-5-7-9-13;1-7(2)8(11)9(12)10-3-5-13-6-4-10;1-5(2)7(9)8(10)6(3)4;1-3(2)4(6)5(7)8;2-1-3;2*1-2/h12-13,16H,5-11H2,1-4H3,(H,19,23)(H,20,21);12-13,16H,5-11H2,1-4H3,(H,19,23)(H,20,21);3-7,13,15H,8-12H2,1-2H3;5-9,11-12,15H,10H2,1-4H3;7-8,11H,3-6H2,1-2H3;5-7,9H,1-4H3;3-4,6H,1-2H3,(H,7,8);1H2;1H3;2H,1H3/i;;;;;;;;1D;. The van der Waals surface area contributed by atoms with E-state index in [1.165, 1.54) is 0 Å². The molecule has 2 aromatic rings. The first kappa shape index (κ1) is 121. The molecule has 32 heteroatoms. The molecule has 2 saturated heterocycles. The van der Waals surface area contributed by atoms with E-state index in [0.717, 1.165) is 82.4 Å². The summed E-state index contributed by atoms with van der Waals surface area (Å²) < 4.78 is 53.3. The molecular weight excluding hydrogens is 1650 g/mol. The molecule has 2 saturated carbocycles. The van der Waals surface area contributed by atoms with Crippen LogP contribution in [-0.4, -0.2) is 239 Å². The molecule has 6 rings (SSSR count). The van der Waals surface area contributed by atoms with E-state index in [-0.39, 0.29) is 138 Å². The van der Waals surface area contributed by atoms with E-state index in [1.54, 1.807) is 74.1 Å². The molecule has 4 amide bonds. The van der Waals surface area contributed by atoms with E-state index in [4.69, 9.17) is 83.3 Å². The number of nitrogens with one attached hydrogen (secondary N) is 2. The number of morpholine rings is 2. The van der Waals surface area contributed by atoms with Crippen LogP contribution >= 0.6 is 23.2 Å². The Kier molecular flexibility index (Phi) is 68.4. The second kappa shape index (κ2) is 70.0. The van der Waals surface area contributed by atoms with Crippen molar-refractivity contribution in [1.29, 1.82) is 0 Å². The Bertz CT molecular complexity index is 3240. The Labute approximate surface area is 751 Å². The van der Waals surface area contributed by atoms with Gasteiger partial charge in [0.2, 0.25) is 0 Å². The van der Waals surface area contributed by atoms with Crippen LogP contribution in [0.15, 0.2) is 60.7 Å². The van der Waals surface area contributed by atoms with E-state index in [9.17, 15) is 67.3 Å². The van der Waals surface area contributed by atoms with Gasteiger partial charge in [0.1, 0.15) is 24.4 Å². The molecule has 0 radical (unpaired) electrons. The minimum absolute atomic E-state index is 0.0182. The number of Topliss-reactive ketones (excluding diaryl/α,β-unsaturated/α-hetero) is 3. The van der Waals surface area contributed by atoms with Crippen LogP contribution < -0.4 is 10.6 Å². The fourth-order valence-corrected chi connectivity index (χ4v) is 12.5. The number of alkyl carbamates (subject to hydrolysis) is 2. The van der Waals surface area contributed by atoms with E-state index < -0.39 is 84.8 Å². The molecule has 7 unspecified atom stereocenters. The average Bonchev–Trinajstić information content (AvgIpc) is 0.843. The summed E-state index contributed by atoms with van der Waals surface area (Å²) >= 11 is 9.53. The quantitative estimate of drug-likeness (QED) is 0.0178. The van der Waals surface area contributed by atoms with Gasteiger partial charge >= 0.3 is 36.1 Å². The molecule has 29 nitrogen and oxygen atoms in total. The van der Waals surface area contributed by atoms with Crippen LogP contribution in [0.1, 0.15) is 242 Å². The summed E-state index contributed by atoms with van der Waals surface area (Å²) in [6, 6.07) is 19.9. The molecule has 0 aromatic heterocycles. The summed E-state index contributed by atoms with van der Waals surface area (Å²) in [7, 11) is 0. The number of aliphatic hydroxyl groups is 4. The highest BCUT2D eigenvalue weighted by molar-refractivity contribution is 6.40. The van der Waals surface area contributed by atoms with Crippen molar-refractivity contribution in [3.05, 3.63) is 71.8 Å². The fraction of sp³-hybridized carbons (Fsp3) is 0.750. The molecule has 0 bridgehead atoms. The van der Waals surface area contributed by atoms with Crippen LogP contribution in [0.2, 0.25) is 0 Å². The van der Waals surface area contributed by atoms with Crippen LogP contribution in [0.3, 0.4) is 0 Å². The number of carbonyl (C=O) groups is 11. The SMILES string of the molecule is CC(C)C(=O)C(O)C(C)C.CC(C)C(=O)C(OC(=O)NCC1(CC(=O)O)CCCCC1)C(C)C.CC(C)C(=O)C(OCc1ccccc1)C(C)C.CC(C)C(=O)OC(OC(=O)NCC1(CC(=O)O)CCCCC1)C(C)C.CC(C)C(O)C(=O)N1CCOCC1.CC(C)C(O)C(=O)O.CC(C)C(OCc1ccccc1)C(=O)N1CCOCC1.CO.ClCCl.[2H]CF. The van der Waals surface area contributed by atoms with Crippen LogP contribution in [0.25, 0.3) is 0 Å². The second-order valence-electron chi connectivity index (χ2n) is 34.6. The van der Waals surface area contributed by atoms with Gasteiger partial charge in [-0.05, 0) is 83.1 Å². The Morgan fingerprint density at radius 3 is 1.04 bits per heavy atom. The molecule has 124 heavy (non-hydrogen) atoms. The minimum Gasteiger partial charge on any atom is -0.481 e. The molecule has 718 valence electrons. The third-order valence-electron chi connectivity index (χ3n) is 20.0. The number of halogens is 3. The Morgan fingerprint density at radius 1 is 0.435 bits per heavy atom. The van der Waals surface area contributed by atoms with Crippen molar-refractivity contribution in [2.24, 2.45) is 75.9 Å². The number of aliphatic hydroxyl groups excluding tert-OH is 4. The molecule has 4 aliphatic rings. The maximum absolute atomic E-state index is 12.5. The monoisotopic (exact) mass is 1810 g/mol. The Balaban J connectivity index is -0.000000690. The summed E-state index contributed by atoms with van der Waals surface area (Å²) in [6.07, 6.45) is 2.68. The van der Waals surface area contributed by atoms with Gasteiger partial charge in [0, 0.05) is 70.0 Å². The number of hydrogen-bond acceptors (Lipinski definition) is 22. The maximum Gasteiger partial charge on any atom is 0.410 e. The number of ether oxygens (including phenoxy) is 7. The zero-order valence-electron chi connectivity index (χ0n) is 79.6. The summed E-state index contributed by atoms with van der Waals surface area (Å²) in [5.74, 6) is -3.98. The van der Waals surface area contributed by atoms with Gasteiger partial charge in [-0.1, -0.05) is 252 Å². The molecule has 0 spiro atoms. The van der Waals surface area contributed by atoms with Crippen LogP contribution in [-0.2, 0) is 89.5 Å². The van der Waals surface area contributed by atoms with Crippen molar-refractivity contribution in [1.82, 2.24) is 20.4 Å². The number of alkyl halides is 3. The normalized spacial score (nSPS) is 16.2. The van der Waals surface area contributed by atoms with Gasteiger partial charge in [0.25, 0.3) is 18.1 Å². The first-order valence-electron chi connectivity index (χ1n) is 44.1. The smallest absolute Gasteiger partial charge is 0.410 e. The highest BCUT2D eigenvalue weighted by Gasteiger charge is 2.39. The lowest BCUT2D eigenvalue weighted by atomic mass is 9.72. The number of amides is 4. The number of carboxylic acid groups (broad SMARTS) is 3. The first-order chi connectivity index (χ1) is 58.5. The largest absolute Gasteiger partial charge is 0.481 e. The second-order valence-corrected chi connectivity index (χ2v) is 35.4. The van der Waals surface area contributed by atoms with Gasteiger partial charge in [0.05, 0.1) is 72.3 Å².